The van der Waals surface area contributed by atoms with Crippen LogP contribution in [0.15, 0.2) is 35.6 Å². The van der Waals surface area contributed by atoms with Crippen LogP contribution in [0.2, 0.25) is 0 Å². The lowest BCUT2D eigenvalue weighted by molar-refractivity contribution is 0.451. The summed E-state index contributed by atoms with van der Waals surface area (Å²) in [6.45, 7) is 0.198. The summed E-state index contributed by atoms with van der Waals surface area (Å²) < 4.78 is 28.2. The fourth-order valence-corrected chi connectivity index (χ4v) is 3.06. The van der Waals surface area contributed by atoms with Crippen molar-refractivity contribution in [2.24, 2.45) is 7.05 Å². The number of pyridine rings is 1. The van der Waals surface area contributed by atoms with Gasteiger partial charge in [0.25, 0.3) is 0 Å². The Labute approximate surface area is 118 Å². The molecule has 0 spiro atoms. The fraction of sp³-hybridized carbons (Fsp3) is 0.333. The Bertz CT molecular complexity index is 695. The van der Waals surface area contributed by atoms with Crippen molar-refractivity contribution < 1.29 is 8.42 Å². The summed E-state index contributed by atoms with van der Waals surface area (Å²) in [6.07, 6.45) is 4.96. The second kappa shape index (κ2) is 5.59. The number of anilines is 1. The molecule has 0 aliphatic rings. The summed E-state index contributed by atoms with van der Waals surface area (Å²) >= 11 is 0. The zero-order valence-electron chi connectivity index (χ0n) is 11.6. The van der Waals surface area contributed by atoms with Crippen molar-refractivity contribution in [1.82, 2.24) is 18.8 Å². The molecule has 0 saturated carbocycles. The molecule has 2 aromatic rings. The molecule has 0 fully saturated rings. The third kappa shape index (κ3) is 2.66. The van der Waals surface area contributed by atoms with E-state index in [1.54, 1.807) is 36.3 Å². The van der Waals surface area contributed by atoms with E-state index in [2.05, 4.69) is 15.3 Å². The minimum Gasteiger partial charge on any atom is -0.372 e. The van der Waals surface area contributed by atoms with Crippen LogP contribution in [-0.4, -0.2) is 41.4 Å². The first-order valence-corrected chi connectivity index (χ1v) is 7.46. The average molecular weight is 295 g/mol. The summed E-state index contributed by atoms with van der Waals surface area (Å²) in [6, 6.07) is 3.13. The molecule has 8 heteroatoms. The molecule has 20 heavy (non-hydrogen) atoms. The Balaban J connectivity index is 2.32. The minimum atomic E-state index is -3.62. The molecule has 0 atom stereocenters. The summed E-state index contributed by atoms with van der Waals surface area (Å²) in [5.74, 6) is 1.00. The van der Waals surface area contributed by atoms with Crippen LogP contribution < -0.4 is 5.32 Å². The Hall–Kier alpha value is -1.93. The second-order valence-electron chi connectivity index (χ2n) is 4.32. The molecular weight excluding hydrogens is 278 g/mol. The number of aromatic nitrogens is 3. The van der Waals surface area contributed by atoms with Crippen molar-refractivity contribution in [3.63, 3.8) is 0 Å². The van der Waals surface area contributed by atoms with Gasteiger partial charge in [0.05, 0.1) is 6.54 Å². The van der Waals surface area contributed by atoms with Crippen LogP contribution in [0.5, 0.6) is 0 Å². The van der Waals surface area contributed by atoms with Crippen LogP contribution in [0.1, 0.15) is 5.82 Å². The van der Waals surface area contributed by atoms with E-state index in [-0.39, 0.29) is 11.4 Å². The first-order chi connectivity index (χ1) is 9.46. The molecule has 2 heterocycles. The van der Waals surface area contributed by atoms with E-state index >= 15 is 0 Å². The lowest BCUT2D eigenvalue weighted by Crippen LogP contribution is -2.28. The Morgan fingerprint density at radius 1 is 1.35 bits per heavy atom. The van der Waals surface area contributed by atoms with Crippen LogP contribution in [0.3, 0.4) is 0 Å². The number of hydrogen-bond donors (Lipinski definition) is 1. The van der Waals surface area contributed by atoms with Gasteiger partial charge in [-0.05, 0) is 12.1 Å². The van der Waals surface area contributed by atoms with Gasteiger partial charge in [-0.25, -0.2) is 18.4 Å². The molecule has 0 aromatic carbocycles. The molecule has 7 nitrogen and oxygen atoms in total. The van der Waals surface area contributed by atoms with Gasteiger partial charge in [0.2, 0.25) is 10.0 Å². The zero-order valence-corrected chi connectivity index (χ0v) is 12.4. The van der Waals surface area contributed by atoms with Gasteiger partial charge in [-0.3, -0.25) is 0 Å². The van der Waals surface area contributed by atoms with Crippen LogP contribution in [0.25, 0.3) is 0 Å². The highest BCUT2D eigenvalue weighted by atomic mass is 32.2. The zero-order chi connectivity index (χ0) is 14.8. The number of rotatable bonds is 5. The van der Waals surface area contributed by atoms with E-state index in [0.717, 1.165) is 0 Å². The first kappa shape index (κ1) is 14.5. The number of nitrogens with zero attached hydrogens (tertiary/aromatic N) is 4. The maximum atomic E-state index is 12.6. The summed E-state index contributed by atoms with van der Waals surface area (Å²) in [7, 11) is 1.37. The highest BCUT2D eigenvalue weighted by Gasteiger charge is 2.25. The van der Waals surface area contributed by atoms with E-state index < -0.39 is 10.0 Å². The Morgan fingerprint density at radius 2 is 2.10 bits per heavy atom. The molecule has 0 radical (unpaired) electrons. The average Bonchev–Trinajstić information content (AvgIpc) is 2.84. The van der Waals surface area contributed by atoms with E-state index in [1.807, 2.05) is 7.05 Å². The predicted octanol–water partition coefficient (Wildman–Crippen LogP) is 0.677. The molecular formula is C12H17N5O2S. The molecule has 0 saturated heterocycles. The minimum absolute atomic E-state index is 0.152. The number of hydrogen-bond acceptors (Lipinski definition) is 5. The monoisotopic (exact) mass is 295 g/mol. The third-order valence-electron chi connectivity index (χ3n) is 2.98. The maximum absolute atomic E-state index is 12.6. The molecule has 0 unspecified atom stereocenters. The largest absolute Gasteiger partial charge is 0.372 e. The summed E-state index contributed by atoms with van der Waals surface area (Å²) in [4.78, 5) is 8.31. The molecule has 1 N–H and O–H groups in total. The second-order valence-corrected chi connectivity index (χ2v) is 6.33. The quantitative estimate of drug-likeness (QED) is 0.877. The van der Waals surface area contributed by atoms with Gasteiger partial charge in [-0.2, -0.15) is 4.31 Å². The molecule has 0 amide bonds. The van der Waals surface area contributed by atoms with Crippen LogP contribution in [0.4, 0.5) is 5.82 Å². The normalized spacial score (nSPS) is 11.8. The van der Waals surface area contributed by atoms with E-state index in [1.165, 1.54) is 17.4 Å². The molecule has 108 valence electrons. The first-order valence-electron chi connectivity index (χ1n) is 6.02. The SMILES string of the molecule is CNc1ncccc1S(=O)(=O)N(C)Cc1nccn1C. The van der Waals surface area contributed by atoms with Gasteiger partial charge >= 0.3 is 0 Å². The topological polar surface area (TPSA) is 80.1 Å². The number of imidazole rings is 1. The van der Waals surface area contributed by atoms with E-state index in [4.69, 9.17) is 0 Å². The number of nitrogens with one attached hydrogen (secondary N) is 1. The standard InChI is InChI=1S/C12H17N5O2S/c1-13-12-10(5-4-6-15-12)20(18,19)17(3)9-11-14-7-8-16(11)2/h4-8H,9H2,1-3H3,(H,13,15). The highest BCUT2D eigenvalue weighted by Crippen LogP contribution is 2.22. The Morgan fingerprint density at radius 3 is 2.70 bits per heavy atom. The van der Waals surface area contributed by atoms with Crippen molar-refractivity contribution in [3.05, 3.63) is 36.5 Å². The maximum Gasteiger partial charge on any atom is 0.246 e. The van der Waals surface area contributed by atoms with Gasteiger partial charge in [0.1, 0.15) is 16.5 Å². The molecule has 0 aliphatic carbocycles. The summed E-state index contributed by atoms with van der Waals surface area (Å²) in [5, 5.41) is 2.79. The van der Waals surface area contributed by atoms with Crippen LogP contribution in [0, 0.1) is 0 Å². The highest BCUT2D eigenvalue weighted by molar-refractivity contribution is 7.89. The van der Waals surface area contributed by atoms with Gasteiger partial charge in [-0.15, -0.1) is 0 Å². The predicted molar refractivity (Wildman–Crippen MR) is 75.6 cm³/mol. The molecule has 2 rings (SSSR count). The van der Waals surface area contributed by atoms with Gasteiger partial charge in [-0.1, -0.05) is 0 Å². The number of aryl methyl sites for hydroxylation is 1. The van der Waals surface area contributed by atoms with Crippen molar-refractivity contribution >= 4 is 15.8 Å². The van der Waals surface area contributed by atoms with Crippen molar-refractivity contribution in [3.8, 4) is 0 Å². The van der Waals surface area contributed by atoms with Crippen LogP contribution in [-0.2, 0) is 23.6 Å². The van der Waals surface area contributed by atoms with Gasteiger partial charge in [0, 0.05) is 39.7 Å². The van der Waals surface area contributed by atoms with Gasteiger partial charge in [0.15, 0.2) is 0 Å². The number of sulfonamides is 1. The third-order valence-corrected chi connectivity index (χ3v) is 4.82. The molecule has 0 bridgehead atoms. The summed E-state index contributed by atoms with van der Waals surface area (Å²) in [5.41, 5.74) is 0. The lowest BCUT2D eigenvalue weighted by Gasteiger charge is -2.18. The van der Waals surface area contributed by atoms with E-state index in [0.29, 0.717) is 11.6 Å². The van der Waals surface area contributed by atoms with Crippen molar-refractivity contribution in [2.45, 2.75) is 11.4 Å². The van der Waals surface area contributed by atoms with Crippen LogP contribution >= 0.6 is 0 Å². The lowest BCUT2D eigenvalue weighted by atomic mass is 10.5. The van der Waals surface area contributed by atoms with Crippen molar-refractivity contribution in [1.29, 1.82) is 0 Å². The Kier molecular flexibility index (Phi) is 4.05. The smallest absolute Gasteiger partial charge is 0.246 e. The fourth-order valence-electron chi connectivity index (χ4n) is 1.79. The van der Waals surface area contributed by atoms with Crippen molar-refractivity contribution in [2.75, 3.05) is 19.4 Å². The van der Waals surface area contributed by atoms with Gasteiger partial charge < -0.3 is 9.88 Å². The molecule has 0 aliphatic heterocycles. The van der Waals surface area contributed by atoms with E-state index in [9.17, 15) is 8.42 Å². The molecule has 2 aromatic heterocycles.